The Hall–Kier alpha value is -0.650. The van der Waals surface area contributed by atoms with Gasteiger partial charge in [-0.2, -0.15) is 0 Å². The van der Waals surface area contributed by atoms with E-state index in [9.17, 15) is 4.79 Å². The molecule has 114 valence electrons. The Kier molecular flexibility index (Phi) is 4.29. The molecule has 0 radical (unpaired) electrons. The Labute approximate surface area is 120 Å². The van der Waals surface area contributed by atoms with Gasteiger partial charge in [0.25, 0.3) is 0 Å². The molecule has 0 aromatic rings. The van der Waals surface area contributed by atoms with Gasteiger partial charge in [0.2, 0.25) is 5.91 Å². The molecule has 5 heteroatoms. The molecule has 0 aromatic heterocycles. The molecule has 0 aromatic carbocycles. The van der Waals surface area contributed by atoms with Crippen molar-refractivity contribution in [1.82, 2.24) is 4.90 Å². The van der Waals surface area contributed by atoms with Gasteiger partial charge in [-0.25, -0.2) is 0 Å². The summed E-state index contributed by atoms with van der Waals surface area (Å²) in [5, 5.41) is 0. The van der Waals surface area contributed by atoms with E-state index in [1.54, 1.807) is 0 Å². The molecule has 1 heterocycles. The van der Waals surface area contributed by atoms with Crippen LogP contribution in [0.2, 0.25) is 0 Å². The lowest BCUT2D eigenvalue weighted by molar-refractivity contribution is -0.192. The van der Waals surface area contributed by atoms with E-state index in [-0.39, 0.29) is 24.4 Å². The predicted octanol–water partition coefficient (Wildman–Crippen LogP) is 1.70. The lowest BCUT2D eigenvalue weighted by Crippen LogP contribution is -2.40. The van der Waals surface area contributed by atoms with Gasteiger partial charge in [-0.1, -0.05) is 0 Å². The van der Waals surface area contributed by atoms with Crippen molar-refractivity contribution in [3.8, 4) is 0 Å². The molecule has 0 N–H and O–H groups in total. The first-order valence-electron chi connectivity index (χ1n) is 7.91. The highest BCUT2D eigenvalue weighted by molar-refractivity contribution is 5.78. The number of likely N-dealkylation sites (N-methyl/N-ethyl adjacent to an activating group) is 1. The molecule has 20 heavy (non-hydrogen) atoms. The van der Waals surface area contributed by atoms with Crippen LogP contribution in [0.25, 0.3) is 0 Å². The van der Waals surface area contributed by atoms with Gasteiger partial charge < -0.3 is 19.1 Å². The zero-order valence-electron chi connectivity index (χ0n) is 12.3. The smallest absolute Gasteiger partial charge is 0.248 e. The summed E-state index contributed by atoms with van der Waals surface area (Å²) in [7, 11) is 0. The lowest BCUT2D eigenvalue weighted by atomic mass is 9.92. The maximum absolute atomic E-state index is 12.1. The topological polar surface area (TPSA) is 48.0 Å². The van der Waals surface area contributed by atoms with Gasteiger partial charge in [0.1, 0.15) is 6.61 Å². The van der Waals surface area contributed by atoms with Gasteiger partial charge in [0, 0.05) is 25.4 Å². The van der Waals surface area contributed by atoms with Crippen LogP contribution in [-0.4, -0.2) is 55.1 Å². The van der Waals surface area contributed by atoms with E-state index in [0.717, 1.165) is 45.1 Å². The quantitative estimate of drug-likeness (QED) is 0.770. The zero-order valence-corrected chi connectivity index (χ0v) is 12.3. The Morgan fingerprint density at radius 2 is 1.85 bits per heavy atom. The first kappa shape index (κ1) is 14.3. The minimum atomic E-state index is -0.340. The van der Waals surface area contributed by atoms with E-state index in [1.165, 1.54) is 0 Å². The number of amides is 1. The number of hydrogen-bond acceptors (Lipinski definition) is 4. The Balaban J connectivity index is 1.40. The summed E-state index contributed by atoms with van der Waals surface area (Å²) >= 11 is 0. The second kappa shape index (κ2) is 6.00. The highest BCUT2D eigenvalue weighted by Crippen LogP contribution is 2.36. The van der Waals surface area contributed by atoms with Gasteiger partial charge in [-0.15, -0.1) is 0 Å². The van der Waals surface area contributed by atoms with Crippen molar-refractivity contribution in [3.05, 3.63) is 0 Å². The Morgan fingerprint density at radius 1 is 1.20 bits per heavy atom. The molecule has 1 spiro atoms. The third-order valence-corrected chi connectivity index (χ3v) is 4.60. The normalized spacial score (nSPS) is 26.1. The van der Waals surface area contributed by atoms with Gasteiger partial charge in [-0.05, 0) is 32.6 Å². The van der Waals surface area contributed by atoms with Crippen LogP contribution in [0.4, 0.5) is 0 Å². The third-order valence-electron chi connectivity index (χ3n) is 4.60. The Morgan fingerprint density at radius 3 is 2.40 bits per heavy atom. The monoisotopic (exact) mass is 283 g/mol. The molecule has 3 fully saturated rings. The standard InChI is InChI=1S/C15H25NO4/c1-2-16(12-3-4-12)14(17)11-18-13-5-7-15(8-6-13)19-9-10-20-15/h12-13H,2-11H2,1H3. The number of nitrogens with zero attached hydrogens (tertiary/aromatic N) is 1. The molecule has 1 amide bonds. The summed E-state index contributed by atoms with van der Waals surface area (Å²) in [5.74, 6) is -0.198. The van der Waals surface area contributed by atoms with Crippen LogP contribution < -0.4 is 0 Å². The van der Waals surface area contributed by atoms with Gasteiger partial charge >= 0.3 is 0 Å². The van der Waals surface area contributed by atoms with E-state index < -0.39 is 0 Å². The molecule has 5 nitrogen and oxygen atoms in total. The number of carbonyl (C=O) groups excluding carboxylic acids is 1. The molecule has 2 aliphatic carbocycles. The molecule has 1 saturated heterocycles. The summed E-state index contributed by atoms with van der Waals surface area (Å²) in [6.45, 7) is 4.47. The van der Waals surface area contributed by atoms with Crippen molar-refractivity contribution in [2.45, 2.75) is 63.4 Å². The van der Waals surface area contributed by atoms with E-state index in [4.69, 9.17) is 14.2 Å². The minimum absolute atomic E-state index is 0.142. The average molecular weight is 283 g/mol. The van der Waals surface area contributed by atoms with Crippen LogP contribution in [0.3, 0.4) is 0 Å². The molecule has 1 aliphatic heterocycles. The third kappa shape index (κ3) is 3.15. The van der Waals surface area contributed by atoms with Crippen LogP contribution in [0.15, 0.2) is 0 Å². The Bertz CT molecular complexity index is 340. The first-order valence-corrected chi connectivity index (χ1v) is 7.91. The summed E-state index contributed by atoms with van der Waals surface area (Å²) in [5.41, 5.74) is 0. The maximum Gasteiger partial charge on any atom is 0.248 e. The maximum atomic E-state index is 12.1. The van der Waals surface area contributed by atoms with E-state index in [2.05, 4.69) is 0 Å². The first-order chi connectivity index (χ1) is 9.72. The fourth-order valence-electron chi connectivity index (χ4n) is 3.28. The fourth-order valence-corrected chi connectivity index (χ4v) is 3.28. The number of ether oxygens (including phenoxy) is 3. The van der Waals surface area contributed by atoms with Crippen molar-refractivity contribution in [2.75, 3.05) is 26.4 Å². The fraction of sp³-hybridized carbons (Fsp3) is 0.933. The van der Waals surface area contributed by atoms with Crippen molar-refractivity contribution < 1.29 is 19.0 Å². The summed E-state index contributed by atoms with van der Waals surface area (Å²) < 4.78 is 17.2. The molecule has 0 atom stereocenters. The largest absolute Gasteiger partial charge is 0.368 e. The van der Waals surface area contributed by atoms with Gasteiger partial charge in [0.05, 0.1) is 19.3 Å². The number of hydrogen-bond donors (Lipinski definition) is 0. The zero-order chi connectivity index (χ0) is 14.0. The molecule has 3 rings (SSSR count). The van der Waals surface area contributed by atoms with Crippen LogP contribution in [0, 0.1) is 0 Å². The van der Waals surface area contributed by atoms with E-state index in [1.807, 2.05) is 11.8 Å². The second-order valence-electron chi connectivity index (χ2n) is 6.03. The van der Waals surface area contributed by atoms with Crippen LogP contribution in [0.1, 0.15) is 45.4 Å². The highest BCUT2D eigenvalue weighted by atomic mass is 16.7. The second-order valence-corrected chi connectivity index (χ2v) is 6.03. The molecular formula is C15H25NO4. The summed E-state index contributed by atoms with van der Waals surface area (Å²) in [4.78, 5) is 14.1. The van der Waals surface area contributed by atoms with E-state index >= 15 is 0 Å². The van der Waals surface area contributed by atoms with Crippen LogP contribution in [0.5, 0.6) is 0 Å². The predicted molar refractivity (Wildman–Crippen MR) is 73.3 cm³/mol. The number of carbonyl (C=O) groups is 1. The minimum Gasteiger partial charge on any atom is -0.368 e. The van der Waals surface area contributed by atoms with Gasteiger partial charge in [0.15, 0.2) is 5.79 Å². The van der Waals surface area contributed by atoms with E-state index in [0.29, 0.717) is 19.3 Å². The summed E-state index contributed by atoms with van der Waals surface area (Å²) in [6.07, 6.45) is 6.08. The van der Waals surface area contributed by atoms with Crippen LogP contribution in [-0.2, 0) is 19.0 Å². The molecular weight excluding hydrogens is 258 g/mol. The molecule has 2 saturated carbocycles. The SMILES string of the molecule is CCN(C(=O)COC1CCC2(CC1)OCCO2)C1CC1. The lowest BCUT2D eigenvalue weighted by Gasteiger charge is -2.35. The highest BCUT2D eigenvalue weighted by Gasteiger charge is 2.40. The number of rotatable bonds is 5. The molecule has 0 bridgehead atoms. The van der Waals surface area contributed by atoms with Crippen molar-refractivity contribution in [2.24, 2.45) is 0 Å². The van der Waals surface area contributed by atoms with Crippen LogP contribution >= 0.6 is 0 Å². The van der Waals surface area contributed by atoms with Crippen molar-refractivity contribution >= 4 is 5.91 Å². The molecule has 3 aliphatic rings. The van der Waals surface area contributed by atoms with Crippen molar-refractivity contribution in [3.63, 3.8) is 0 Å². The van der Waals surface area contributed by atoms with Gasteiger partial charge in [-0.3, -0.25) is 4.79 Å². The molecule has 0 unspecified atom stereocenters. The average Bonchev–Trinajstić information content (AvgIpc) is 3.20. The van der Waals surface area contributed by atoms with Crippen molar-refractivity contribution in [1.29, 1.82) is 0 Å². The summed E-state index contributed by atoms with van der Waals surface area (Å²) in [6, 6.07) is 0.478.